The summed E-state index contributed by atoms with van der Waals surface area (Å²) in [5.41, 5.74) is 0.572. The first kappa shape index (κ1) is 18.3. The Balaban J connectivity index is 1.84. The van der Waals surface area contributed by atoms with Gasteiger partial charge in [-0.15, -0.1) is 0 Å². The number of benzene rings is 1. The third-order valence-corrected chi connectivity index (χ3v) is 4.31. The predicted octanol–water partition coefficient (Wildman–Crippen LogP) is 1.70. The third-order valence-electron chi connectivity index (χ3n) is 4.31. The molecule has 0 saturated carbocycles. The maximum atomic E-state index is 12.6. The Labute approximate surface area is 143 Å². The Morgan fingerprint density at radius 2 is 1.92 bits per heavy atom. The van der Waals surface area contributed by atoms with Crippen molar-refractivity contribution in [1.29, 1.82) is 0 Å². The molecule has 0 aliphatic carbocycles. The second-order valence-corrected chi connectivity index (χ2v) is 5.90. The van der Waals surface area contributed by atoms with Crippen molar-refractivity contribution in [3.63, 3.8) is 0 Å². The SMILES string of the molecule is COCCCNC(=O)C1CCN(C(=O)c2ccccc2OC)CC1. The number of nitrogens with one attached hydrogen (secondary N) is 1. The van der Waals surface area contributed by atoms with E-state index in [2.05, 4.69) is 5.32 Å². The molecule has 0 spiro atoms. The van der Waals surface area contributed by atoms with Gasteiger partial charge in [-0.1, -0.05) is 12.1 Å². The van der Waals surface area contributed by atoms with Gasteiger partial charge in [0.1, 0.15) is 5.75 Å². The van der Waals surface area contributed by atoms with E-state index >= 15 is 0 Å². The lowest BCUT2D eigenvalue weighted by Gasteiger charge is -2.31. The molecule has 6 heteroatoms. The van der Waals surface area contributed by atoms with Crippen LogP contribution in [-0.4, -0.2) is 57.2 Å². The van der Waals surface area contributed by atoms with Crippen LogP contribution in [0.5, 0.6) is 5.75 Å². The molecule has 0 aromatic heterocycles. The monoisotopic (exact) mass is 334 g/mol. The summed E-state index contributed by atoms with van der Waals surface area (Å²) in [6.07, 6.45) is 2.20. The number of para-hydroxylation sites is 1. The van der Waals surface area contributed by atoms with E-state index in [-0.39, 0.29) is 17.7 Å². The second-order valence-electron chi connectivity index (χ2n) is 5.90. The number of hydrogen-bond acceptors (Lipinski definition) is 4. The third kappa shape index (κ3) is 4.71. The van der Waals surface area contributed by atoms with Crippen LogP contribution in [0.15, 0.2) is 24.3 Å². The largest absolute Gasteiger partial charge is 0.496 e. The quantitative estimate of drug-likeness (QED) is 0.771. The van der Waals surface area contributed by atoms with Gasteiger partial charge in [-0.2, -0.15) is 0 Å². The molecular weight excluding hydrogens is 308 g/mol. The van der Waals surface area contributed by atoms with Gasteiger partial charge < -0.3 is 19.7 Å². The zero-order valence-electron chi connectivity index (χ0n) is 14.4. The maximum Gasteiger partial charge on any atom is 0.257 e. The first-order valence-electron chi connectivity index (χ1n) is 8.36. The summed E-state index contributed by atoms with van der Waals surface area (Å²) in [7, 11) is 3.21. The van der Waals surface area contributed by atoms with Crippen LogP contribution < -0.4 is 10.1 Å². The van der Waals surface area contributed by atoms with Crippen LogP contribution in [0.4, 0.5) is 0 Å². The van der Waals surface area contributed by atoms with Crippen LogP contribution in [-0.2, 0) is 9.53 Å². The number of rotatable bonds is 7. The first-order valence-corrected chi connectivity index (χ1v) is 8.36. The van der Waals surface area contributed by atoms with E-state index in [9.17, 15) is 9.59 Å². The molecule has 24 heavy (non-hydrogen) atoms. The molecule has 2 amide bonds. The second kappa shape index (κ2) is 9.27. The normalized spacial score (nSPS) is 15.2. The van der Waals surface area contributed by atoms with Gasteiger partial charge in [-0.3, -0.25) is 9.59 Å². The molecule has 0 bridgehead atoms. The fourth-order valence-electron chi connectivity index (χ4n) is 2.91. The van der Waals surface area contributed by atoms with Gasteiger partial charge in [0.25, 0.3) is 5.91 Å². The molecule has 1 N–H and O–H groups in total. The minimum atomic E-state index is -0.0357. The van der Waals surface area contributed by atoms with Gasteiger partial charge in [0.2, 0.25) is 5.91 Å². The van der Waals surface area contributed by atoms with Gasteiger partial charge in [-0.25, -0.2) is 0 Å². The molecule has 1 saturated heterocycles. The van der Waals surface area contributed by atoms with Crippen LogP contribution >= 0.6 is 0 Å². The van der Waals surface area contributed by atoms with Crippen molar-refractivity contribution in [2.75, 3.05) is 40.5 Å². The lowest BCUT2D eigenvalue weighted by atomic mass is 9.95. The van der Waals surface area contributed by atoms with Crippen molar-refractivity contribution >= 4 is 11.8 Å². The number of hydrogen-bond donors (Lipinski definition) is 1. The van der Waals surface area contributed by atoms with Crippen molar-refractivity contribution < 1.29 is 19.1 Å². The Kier molecular flexibility index (Phi) is 7.06. The van der Waals surface area contributed by atoms with E-state index in [1.165, 1.54) is 0 Å². The average Bonchev–Trinajstić information content (AvgIpc) is 2.64. The van der Waals surface area contributed by atoms with Crippen molar-refractivity contribution in [2.45, 2.75) is 19.3 Å². The molecule has 0 atom stereocenters. The minimum Gasteiger partial charge on any atom is -0.496 e. The van der Waals surface area contributed by atoms with Crippen LogP contribution in [0.3, 0.4) is 0 Å². The Bertz CT molecular complexity index is 554. The van der Waals surface area contributed by atoms with Gasteiger partial charge in [-0.05, 0) is 31.4 Å². The number of amides is 2. The van der Waals surface area contributed by atoms with Crippen molar-refractivity contribution in [3.8, 4) is 5.75 Å². The highest BCUT2D eigenvalue weighted by molar-refractivity contribution is 5.97. The molecule has 1 aromatic rings. The lowest BCUT2D eigenvalue weighted by Crippen LogP contribution is -2.43. The summed E-state index contributed by atoms with van der Waals surface area (Å²) in [6, 6.07) is 7.23. The number of piperidine rings is 1. The molecule has 0 unspecified atom stereocenters. The lowest BCUT2D eigenvalue weighted by molar-refractivity contribution is -0.126. The Morgan fingerprint density at radius 1 is 1.21 bits per heavy atom. The summed E-state index contributed by atoms with van der Waals surface area (Å²) < 4.78 is 10.2. The molecule has 1 aliphatic rings. The van der Waals surface area contributed by atoms with Crippen LogP contribution in [0.1, 0.15) is 29.6 Å². The fourth-order valence-corrected chi connectivity index (χ4v) is 2.91. The number of carbonyl (C=O) groups is 2. The highest BCUT2D eigenvalue weighted by atomic mass is 16.5. The molecule has 0 radical (unpaired) electrons. The fraction of sp³-hybridized carbons (Fsp3) is 0.556. The predicted molar refractivity (Wildman–Crippen MR) is 91.1 cm³/mol. The first-order chi connectivity index (χ1) is 11.7. The molecule has 1 fully saturated rings. The van der Waals surface area contributed by atoms with E-state index in [0.29, 0.717) is 50.4 Å². The zero-order valence-corrected chi connectivity index (χ0v) is 14.4. The smallest absolute Gasteiger partial charge is 0.257 e. The molecule has 132 valence electrons. The minimum absolute atomic E-state index is 0.0192. The van der Waals surface area contributed by atoms with E-state index < -0.39 is 0 Å². The average molecular weight is 334 g/mol. The molecule has 2 rings (SSSR count). The van der Waals surface area contributed by atoms with Crippen molar-refractivity contribution in [3.05, 3.63) is 29.8 Å². The van der Waals surface area contributed by atoms with E-state index in [4.69, 9.17) is 9.47 Å². The van der Waals surface area contributed by atoms with Gasteiger partial charge >= 0.3 is 0 Å². The number of methoxy groups -OCH3 is 2. The van der Waals surface area contributed by atoms with Crippen LogP contribution in [0.25, 0.3) is 0 Å². The number of ether oxygens (including phenoxy) is 2. The number of nitrogens with zero attached hydrogens (tertiary/aromatic N) is 1. The summed E-state index contributed by atoms with van der Waals surface area (Å²) in [4.78, 5) is 26.6. The van der Waals surface area contributed by atoms with Crippen LogP contribution in [0, 0.1) is 5.92 Å². The van der Waals surface area contributed by atoms with E-state index in [0.717, 1.165) is 6.42 Å². The Morgan fingerprint density at radius 3 is 2.58 bits per heavy atom. The number of likely N-dealkylation sites (tertiary alicyclic amines) is 1. The zero-order chi connectivity index (χ0) is 17.4. The standard InChI is InChI=1S/C18H26N2O4/c1-23-13-5-10-19-17(21)14-8-11-20(12-9-14)18(22)15-6-3-4-7-16(15)24-2/h3-4,6-7,14H,5,8-13H2,1-2H3,(H,19,21). The molecular formula is C18H26N2O4. The molecule has 1 heterocycles. The van der Waals surface area contributed by atoms with Gasteiger partial charge in [0.05, 0.1) is 12.7 Å². The number of carbonyl (C=O) groups excluding carboxylic acids is 2. The van der Waals surface area contributed by atoms with Gasteiger partial charge in [0.15, 0.2) is 0 Å². The highest BCUT2D eigenvalue weighted by Gasteiger charge is 2.28. The maximum absolute atomic E-state index is 12.6. The van der Waals surface area contributed by atoms with Crippen molar-refractivity contribution in [1.82, 2.24) is 10.2 Å². The van der Waals surface area contributed by atoms with Crippen LogP contribution in [0.2, 0.25) is 0 Å². The molecule has 6 nitrogen and oxygen atoms in total. The van der Waals surface area contributed by atoms with Crippen molar-refractivity contribution in [2.24, 2.45) is 5.92 Å². The summed E-state index contributed by atoms with van der Waals surface area (Å²) >= 11 is 0. The topological polar surface area (TPSA) is 67.9 Å². The van der Waals surface area contributed by atoms with E-state index in [1.807, 2.05) is 12.1 Å². The molecule has 1 aliphatic heterocycles. The van der Waals surface area contributed by atoms with Gasteiger partial charge in [0, 0.05) is 39.3 Å². The summed E-state index contributed by atoms with van der Waals surface area (Å²) in [5, 5.41) is 2.94. The van der Waals surface area contributed by atoms with E-state index in [1.54, 1.807) is 31.3 Å². The summed E-state index contributed by atoms with van der Waals surface area (Å²) in [6.45, 7) is 2.46. The summed E-state index contributed by atoms with van der Waals surface area (Å²) in [5.74, 6) is 0.608. The Hall–Kier alpha value is -2.08. The molecule has 1 aromatic carbocycles. The highest BCUT2D eigenvalue weighted by Crippen LogP contribution is 2.23.